The number of ether oxygens (including phenoxy) is 1. The number of nitrogens with zero attached hydrogens (tertiary/aromatic N) is 2. The first-order valence-corrected chi connectivity index (χ1v) is 6.74. The number of fused-ring (bicyclic) bond motifs is 1. The molecule has 0 fully saturated rings. The Bertz CT molecular complexity index is 642. The summed E-state index contributed by atoms with van der Waals surface area (Å²) in [6.45, 7) is 4.63. The molecule has 3 rings (SSSR count). The molecular weight excluding hydrogens is 252 g/mol. The van der Waals surface area contributed by atoms with Crippen LogP contribution in [0, 0.1) is 13.8 Å². The normalized spacial score (nSPS) is 17.2. The second-order valence-corrected chi connectivity index (χ2v) is 5.01. The minimum atomic E-state index is 0.159. The van der Waals surface area contributed by atoms with Crippen molar-refractivity contribution in [2.45, 2.75) is 26.2 Å². The first kappa shape index (κ1) is 12.9. The van der Waals surface area contributed by atoms with Gasteiger partial charge in [0.2, 0.25) is 0 Å². The topological polar surface area (TPSA) is 73.1 Å². The van der Waals surface area contributed by atoms with Crippen LogP contribution in [0.25, 0.3) is 0 Å². The van der Waals surface area contributed by atoms with Crippen molar-refractivity contribution in [1.82, 2.24) is 9.97 Å². The van der Waals surface area contributed by atoms with Gasteiger partial charge in [-0.25, -0.2) is 15.8 Å². The molecule has 5 nitrogen and oxygen atoms in total. The van der Waals surface area contributed by atoms with Gasteiger partial charge in [-0.2, -0.15) is 0 Å². The third kappa shape index (κ3) is 2.10. The van der Waals surface area contributed by atoms with Gasteiger partial charge in [0.25, 0.3) is 0 Å². The molecule has 0 saturated heterocycles. The maximum atomic E-state index is 5.69. The number of aromatic nitrogens is 2. The standard InChI is InChI=1S/C15H18N4O/c1-9-10(2)17-15(18-14(9)19-16)12-7-8-20-13-6-4-3-5-11(12)13/h3-6,12H,7-8,16H2,1-2H3,(H,17,18,19). The fraction of sp³-hybridized carbons (Fsp3) is 0.333. The smallest absolute Gasteiger partial charge is 0.146 e. The third-order valence-electron chi connectivity index (χ3n) is 3.81. The Labute approximate surface area is 118 Å². The molecule has 2 aromatic rings. The summed E-state index contributed by atoms with van der Waals surface area (Å²) in [5.74, 6) is 8.12. The lowest BCUT2D eigenvalue weighted by Crippen LogP contribution is -2.20. The molecule has 20 heavy (non-hydrogen) atoms. The Morgan fingerprint density at radius 3 is 2.85 bits per heavy atom. The number of nitrogen functional groups attached to an aromatic ring is 1. The van der Waals surface area contributed by atoms with Gasteiger partial charge in [0, 0.05) is 16.8 Å². The number of benzene rings is 1. The Kier molecular flexibility index (Phi) is 3.28. The minimum absolute atomic E-state index is 0.159. The molecule has 5 heteroatoms. The van der Waals surface area contributed by atoms with E-state index >= 15 is 0 Å². The molecule has 104 valence electrons. The lowest BCUT2D eigenvalue weighted by molar-refractivity contribution is 0.274. The lowest BCUT2D eigenvalue weighted by Gasteiger charge is -2.25. The van der Waals surface area contributed by atoms with E-state index in [1.54, 1.807) is 0 Å². The van der Waals surface area contributed by atoms with Gasteiger partial charge in [0.05, 0.1) is 12.5 Å². The summed E-state index contributed by atoms with van der Waals surface area (Å²) in [7, 11) is 0. The second kappa shape index (κ2) is 5.09. The Morgan fingerprint density at radius 2 is 2.05 bits per heavy atom. The van der Waals surface area contributed by atoms with Crippen LogP contribution in [0.1, 0.15) is 35.0 Å². The fourth-order valence-corrected chi connectivity index (χ4v) is 2.56. The van der Waals surface area contributed by atoms with Gasteiger partial charge in [-0.1, -0.05) is 18.2 Å². The van der Waals surface area contributed by atoms with E-state index in [1.807, 2.05) is 32.0 Å². The van der Waals surface area contributed by atoms with E-state index in [1.165, 1.54) is 0 Å². The number of anilines is 1. The zero-order chi connectivity index (χ0) is 14.1. The third-order valence-corrected chi connectivity index (χ3v) is 3.81. The van der Waals surface area contributed by atoms with Crippen LogP contribution in [0.3, 0.4) is 0 Å². The van der Waals surface area contributed by atoms with Crippen molar-refractivity contribution in [3.63, 3.8) is 0 Å². The van der Waals surface area contributed by atoms with Gasteiger partial charge in [-0.3, -0.25) is 0 Å². The molecule has 1 aliphatic heterocycles. The zero-order valence-electron chi connectivity index (χ0n) is 11.7. The van der Waals surface area contributed by atoms with Crippen LogP contribution in [0.5, 0.6) is 5.75 Å². The van der Waals surface area contributed by atoms with Gasteiger partial charge in [0.1, 0.15) is 17.4 Å². The van der Waals surface area contributed by atoms with Gasteiger partial charge < -0.3 is 10.2 Å². The molecule has 1 aliphatic rings. The van der Waals surface area contributed by atoms with Crippen molar-refractivity contribution in [3.05, 3.63) is 46.9 Å². The van der Waals surface area contributed by atoms with E-state index in [0.717, 1.165) is 34.8 Å². The summed E-state index contributed by atoms with van der Waals surface area (Å²) in [5, 5.41) is 0. The average Bonchev–Trinajstić information content (AvgIpc) is 2.49. The van der Waals surface area contributed by atoms with Crippen molar-refractivity contribution in [3.8, 4) is 5.75 Å². The quantitative estimate of drug-likeness (QED) is 0.647. The van der Waals surface area contributed by atoms with Crippen LogP contribution in [0.4, 0.5) is 5.82 Å². The predicted molar refractivity (Wildman–Crippen MR) is 77.7 cm³/mol. The highest BCUT2D eigenvalue weighted by Crippen LogP contribution is 2.37. The Hall–Kier alpha value is -2.14. The van der Waals surface area contributed by atoms with Gasteiger partial charge in [-0.05, 0) is 26.3 Å². The fourth-order valence-electron chi connectivity index (χ4n) is 2.56. The molecule has 0 bridgehead atoms. The molecule has 0 radical (unpaired) electrons. The molecular formula is C15H18N4O. The van der Waals surface area contributed by atoms with Crippen LogP contribution in [0.15, 0.2) is 24.3 Å². The van der Waals surface area contributed by atoms with E-state index in [-0.39, 0.29) is 5.92 Å². The summed E-state index contributed by atoms with van der Waals surface area (Å²) in [6, 6.07) is 8.07. The molecule has 0 aliphatic carbocycles. The van der Waals surface area contributed by atoms with Crippen LogP contribution >= 0.6 is 0 Å². The first-order valence-electron chi connectivity index (χ1n) is 6.74. The molecule has 1 aromatic heterocycles. The second-order valence-electron chi connectivity index (χ2n) is 5.01. The van der Waals surface area contributed by atoms with E-state index in [2.05, 4.69) is 21.5 Å². The monoisotopic (exact) mass is 270 g/mol. The van der Waals surface area contributed by atoms with Crippen molar-refractivity contribution < 1.29 is 4.74 Å². The van der Waals surface area contributed by atoms with Crippen LogP contribution in [-0.2, 0) is 0 Å². The number of hydrazine groups is 1. The van der Waals surface area contributed by atoms with Crippen LogP contribution < -0.4 is 16.0 Å². The number of hydrogen-bond donors (Lipinski definition) is 2. The number of rotatable bonds is 2. The molecule has 3 N–H and O–H groups in total. The number of para-hydroxylation sites is 1. The van der Waals surface area contributed by atoms with Gasteiger partial charge in [0.15, 0.2) is 0 Å². The first-order chi connectivity index (χ1) is 9.70. The van der Waals surface area contributed by atoms with Crippen molar-refractivity contribution in [2.75, 3.05) is 12.0 Å². The zero-order valence-corrected chi connectivity index (χ0v) is 11.7. The molecule has 1 unspecified atom stereocenters. The van der Waals surface area contributed by atoms with E-state index in [4.69, 9.17) is 10.6 Å². The molecule has 0 saturated carbocycles. The van der Waals surface area contributed by atoms with Crippen LogP contribution in [0.2, 0.25) is 0 Å². The highest BCUT2D eigenvalue weighted by atomic mass is 16.5. The molecule has 0 amide bonds. The minimum Gasteiger partial charge on any atom is -0.493 e. The highest BCUT2D eigenvalue weighted by Gasteiger charge is 2.25. The van der Waals surface area contributed by atoms with Crippen molar-refractivity contribution in [2.24, 2.45) is 5.84 Å². The lowest BCUT2D eigenvalue weighted by atomic mass is 9.92. The van der Waals surface area contributed by atoms with Crippen LogP contribution in [-0.4, -0.2) is 16.6 Å². The Balaban J connectivity index is 2.09. The van der Waals surface area contributed by atoms with Crippen molar-refractivity contribution in [1.29, 1.82) is 0 Å². The molecule has 2 heterocycles. The molecule has 1 aromatic carbocycles. The number of nitrogens with two attached hydrogens (primary N) is 1. The summed E-state index contributed by atoms with van der Waals surface area (Å²) in [4.78, 5) is 9.21. The Morgan fingerprint density at radius 1 is 1.25 bits per heavy atom. The summed E-state index contributed by atoms with van der Waals surface area (Å²) < 4.78 is 5.69. The number of nitrogens with one attached hydrogen (secondary N) is 1. The SMILES string of the molecule is Cc1nc(C2CCOc3ccccc32)nc(NN)c1C. The average molecular weight is 270 g/mol. The number of aryl methyl sites for hydroxylation is 1. The molecule has 1 atom stereocenters. The highest BCUT2D eigenvalue weighted by molar-refractivity contribution is 5.47. The van der Waals surface area contributed by atoms with Gasteiger partial charge in [-0.15, -0.1) is 0 Å². The van der Waals surface area contributed by atoms with Gasteiger partial charge >= 0.3 is 0 Å². The number of hydrogen-bond acceptors (Lipinski definition) is 5. The molecule has 0 spiro atoms. The summed E-state index contributed by atoms with van der Waals surface area (Å²) in [6.07, 6.45) is 0.878. The predicted octanol–water partition coefficient (Wildman–Crippen LogP) is 2.29. The van der Waals surface area contributed by atoms with E-state index < -0.39 is 0 Å². The summed E-state index contributed by atoms with van der Waals surface area (Å²) >= 11 is 0. The van der Waals surface area contributed by atoms with E-state index in [0.29, 0.717) is 12.4 Å². The van der Waals surface area contributed by atoms with Crippen molar-refractivity contribution >= 4 is 5.82 Å². The largest absolute Gasteiger partial charge is 0.493 e. The maximum Gasteiger partial charge on any atom is 0.146 e. The summed E-state index contributed by atoms with van der Waals surface area (Å²) in [5.41, 5.74) is 5.73. The van der Waals surface area contributed by atoms with E-state index in [9.17, 15) is 0 Å². The maximum absolute atomic E-state index is 5.69.